The summed E-state index contributed by atoms with van der Waals surface area (Å²) in [6.07, 6.45) is 3.37. The largest absolute Gasteiger partial charge is 0.496 e. The maximum Gasteiger partial charge on any atom is 0.234 e. The van der Waals surface area contributed by atoms with Crippen LogP contribution in [0.2, 0.25) is 0 Å². The minimum absolute atomic E-state index is 0.766. The number of benzene rings is 2. The smallest absolute Gasteiger partial charge is 0.234 e. The molecule has 0 aliphatic heterocycles. The molecular weight excluding hydrogens is 496 g/mol. The van der Waals surface area contributed by atoms with Crippen LogP contribution in [0.3, 0.4) is 0 Å². The fourth-order valence-corrected chi connectivity index (χ4v) is 5.83. The lowest BCUT2D eigenvalue weighted by molar-refractivity contribution is 0.416. The second-order valence-corrected chi connectivity index (χ2v) is 9.96. The Balaban J connectivity index is 1.13. The molecule has 182 valence electrons. The predicted molar refractivity (Wildman–Crippen MR) is 138 cm³/mol. The molecule has 0 spiro atoms. The summed E-state index contributed by atoms with van der Waals surface area (Å²) in [5.74, 6) is 3.28. The molecule has 0 unspecified atom stereocenters. The van der Waals surface area contributed by atoms with Gasteiger partial charge in [-0.1, -0.05) is 46.9 Å². The van der Waals surface area contributed by atoms with Gasteiger partial charge in [0.2, 0.25) is 9.92 Å². The van der Waals surface area contributed by atoms with Crippen molar-refractivity contribution in [3.63, 3.8) is 0 Å². The molecule has 0 aliphatic rings. The Bertz CT molecular complexity index is 1530. The molecule has 0 saturated carbocycles. The third kappa shape index (κ3) is 4.07. The number of rotatable bonds is 9. The van der Waals surface area contributed by atoms with Gasteiger partial charge >= 0.3 is 0 Å². The third-order valence-electron chi connectivity index (χ3n) is 5.84. The van der Waals surface area contributed by atoms with Crippen LogP contribution in [0.4, 0.5) is 0 Å². The molecule has 10 nitrogen and oxygen atoms in total. The van der Waals surface area contributed by atoms with Crippen molar-refractivity contribution in [3.05, 3.63) is 60.2 Å². The van der Waals surface area contributed by atoms with Gasteiger partial charge in [-0.3, -0.25) is 0 Å². The van der Waals surface area contributed by atoms with E-state index in [1.165, 1.54) is 22.7 Å². The van der Waals surface area contributed by atoms with E-state index in [2.05, 4.69) is 20.4 Å². The Morgan fingerprint density at radius 2 is 1.08 bits per heavy atom. The highest BCUT2D eigenvalue weighted by Crippen LogP contribution is 2.34. The molecule has 12 heteroatoms. The first-order chi connectivity index (χ1) is 17.7. The standard InChI is InChI=1S/C24H22N8O2S2/c1-33-17-11-5-3-9-15(17)21-29-31-19(25-27-23(31)35-21)13-7-8-14-20-26-28-24-32(20)30-22(36-24)16-10-4-6-12-18(16)34-2/h3-6,9-12H,7-8,13-14H2,1-2H3. The van der Waals surface area contributed by atoms with E-state index in [4.69, 9.17) is 19.7 Å². The SMILES string of the molecule is COc1ccccc1-c1nn2c(CCCCc3nnc4sc(-c5ccccc5OC)nn34)nnc2s1. The maximum atomic E-state index is 5.48. The van der Waals surface area contributed by atoms with Crippen LogP contribution in [-0.2, 0) is 12.8 Å². The van der Waals surface area contributed by atoms with E-state index in [1.54, 1.807) is 14.2 Å². The molecule has 0 N–H and O–H groups in total. The van der Waals surface area contributed by atoms with Crippen LogP contribution in [0, 0.1) is 0 Å². The van der Waals surface area contributed by atoms with Crippen LogP contribution in [0.15, 0.2) is 48.5 Å². The molecule has 36 heavy (non-hydrogen) atoms. The van der Waals surface area contributed by atoms with Gasteiger partial charge in [-0.05, 0) is 37.1 Å². The molecule has 0 saturated heterocycles. The molecule has 0 bridgehead atoms. The molecule has 0 fully saturated rings. The van der Waals surface area contributed by atoms with Gasteiger partial charge < -0.3 is 9.47 Å². The molecule has 0 radical (unpaired) electrons. The number of hydrogen-bond donors (Lipinski definition) is 0. The van der Waals surface area contributed by atoms with Crippen molar-refractivity contribution in [3.8, 4) is 32.6 Å². The van der Waals surface area contributed by atoms with E-state index in [0.29, 0.717) is 0 Å². The number of para-hydroxylation sites is 2. The first-order valence-electron chi connectivity index (χ1n) is 11.4. The Kier molecular flexibility index (Phi) is 6.03. The topological polar surface area (TPSA) is 105 Å². The molecule has 6 aromatic rings. The first-order valence-corrected chi connectivity index (χ1v) is 13.1. The van der Waals surface area contributed by atoms with Gasteiger partial charge in [0.25, 0.3) is 0 Å². The number of aryl methyl sites for hydroxylation is 2. The summed E-state index contributed by atoms with van der Waals surface area (Å²) in [7, 11) is 3.33. The Hall–Kier alpha value is -3.90. The molecular formula is C24H22N8O2S2. The van der Waals surface area contributed by atoms with Crippen LogP contribution < -0.4 is 9.47 Å². The zero-order valence-electron chi connectivity index (χ0n) is 19.7. The molecule has 0 amide bonds. The van der Waals surface area contributed by atoms with E-state index < -0.39 is 0 Å². The summed E-state index contributed by atoms with van der Waals surface area (Å²) >= 11 is 3.01. The van der Waals surface area contributed by atoms with E-state index in [0.717, 1.165) is 79.9 Å². The minimum atomic E-state index is 0.766. The normalized spacial score (nSPS) is 11.5. The molecule has 6 rings (SSSR count). The molecule has 0 atom stereocenters. The second-order valence-electron chi connectivity index (χ2n) is 8.04. The zero-order valence-corrected chi connectivity index (χ0v) is 21.3. The lowest BCUT2D eigenvalue weighted by atomic mass is 10.2. The zero-order chi connectivity index (χ0) is 24.5. The second kappa shape index (κ2) is 9.63. The van der Waals surface area contributed by atoms with E-state index in [9.17, 15) is 0 Å². The third-order valence-corrected chi connectivity index (χ3v) is 7.70. The Morgan fingerprint density at radius 1 is 0.639 bits per heavy atom. The Morgan fingerprint density at radius 3 is 1.53 bits per heavy atom. The van der Waals surface area contributed by atoms with Crippen LogP contribution in [0.25, 0.3) is 31.1 Å². The molecule has 0 aliphatic carbocycles. The highest BCUT2D eigenvalue weighted by Gasteiger charge is 2.17. The van der Waals surface area contributed by atoms with E-state index >= 15 is 0 Å². The van der Waals surface area contributed by atoms with Crippen molar-refractivity contribution in [2.24, 2.45) is 0 Å². The number of fused-ring (bicyclic) bond motifs is 2. The van der Waals surface area contributed by atoms with E-state index in [1.807, 2.05) is 57.6 Å². The maximum absolute atomic E-state index is 5.48. The van der Waals surface area contributed by atoms with Gasteiger partial charge in [0, 0.05) is 12.8 Å². The van der Waals surface area contributed by atoms with Crippen molar-refractivity contribution in [1.82, 2.24) is 39.6 Å². The van der Waals surface area contributed by atoms with Crippen LogP contribution in [0.1, 0.15) is 24.5 Å². The van der Waals surface area contributed by atoms with Gasteiger partial charge in [0.05, 0.1) is 25.3 Å². The summed E-state index contributed by atoms with van der Waals surface area (Å²) in [6.45, 7) is 0. The number of nitrogens with zero attached hydrogens (tertiary/aromatic N) is 8. The molecule has 4 aromatic heterocycles. The number of aromatic nitrogens is 8. The van der Waals surface area contributed by atoms with Gasteiger partial charge in [-0.15, -0.1) is 20.4 Å². The Labute approximate surface area is 214 Å². The van der Waals surface area contributed by atoms with Crippen molar-refractivity contribution < 1.29 is 9.47 Å². The average molecular weight is 519 g/mol. The van der Waals surface area contributed by atoms with Gasteiger partial charge in [0.1, 0.15) is 11.5 Å². The lowest BCUT2D eigenvalue weighted by Gasteiger charge is -2.04. The number of unbranched alkanes of at least 4 members (excludes halogenated alkanes) is 1. The summed E-state index contributed by atoms with van der Waals surface area (Å²) in [4.78, 5) is 1.55. The molecule has 4 heterocycles. The highest BCUT2D eigenvalue weighted by molar-refractivity contribution is 7.20. The van der Waals surface area contributed by atoms with Crippen LogP contribution in [-0.4, -0.2) is 53.8 Å². The summed E-state index contributed by atoms with van der Waals surface area (Å²) in [5.41, 5.74) is 1.90. The minimum Gasteiger partial charge on any atom is -0.496 e. The fourth-order valence-electron chi connectivity index (χ4n) is 4.05. The number of hydrogen-bond acceptors (Lipinski definition) is 10. The quantitative estimate of drug-likeness (QED) is 0.256. The van der Waals surface area contributed by atoms with Crippen molar-refractivity contribution >= 4 is 32.6 Å². The monoisotopic (exact) mass is 518 g/mol. The molecule has 2 aromatic carbocycles. The average Bonchev–Trinajstić information content (AvgIpc) is 3.69. The van der Waals surface area contributed by atoms with Gasteiger partial charge in [-0.2, -0.15) is 19.2 Å². The number of methoxy groups -OCH3 is 2. The summed E-state index contributed by atoms with van der Waals surface area (Å²) in [5, 5.41) is 28.5. The fraction of sp³-hybridized carbons (Fsp3) is 0.250. The lowest BCUT2D eigenvalue weighted by Crippen LogP contribution is -2.00. The van der Waals surface area contributed by atoms with Crippen molar-refractivity contribution in [1.29, 1.82) is 0 Å². The van der Waals surface area contributed by atoms with E-state index in [-0.39, 0.29) is 0 Å². The van der Waals surface area contributed by atoms with Crippen molar-refractivity contribution in [2.75, 3.05) is 14.2 Å². The summed E-state index contributed by atoms with van der Waals surface area (Å²) in [6, 6.07) is 15.7. The predicted octanol–water partition coefficient (Wildman–Crippen LogP) is 4.60. The van der Waals surface area contributed by atoms with Gasteiger partial charge in [-0.25, -0.2) is 0 Å². The van der Waals surface area contributed by atoms with Crippen molar-refractivity contribution in [2.45, 2.75) is 25.7 Å². The summed E-state index contributed by atoms with van der Waals surface area (Å²) < 4.78 is 14.6. The highest BCUT2D eigenvalue weighted by atomic mass is 32.1. The number of ether oxygens (including phenoxy) is 2. The van der Waals surface area contributed by atoms with Crippen LogP contribution >= 0.6 is 22.7 Å². The van der Waals surface area contributed by atoms with Gasteiger partial charge in [0.15, 0.2) is 21.7 Å². The first kappa shape index (κ1) is 22.6. The van der Waals surface area contributed by atoms with Crippen LogP contribution in [0.5, 0.6) is 11.5 Å².